The van der Waals surface area contributed by atoms with E-state index in [0.29, 0.717) is 34.7 Å². The largest absolute Gasteiger partial charge is 0.495 e. The third-order valence-electron chi connectivity index (χ3n) is 5.64. The third-order valence-corrected chi connectivity index (χ3v) is 5.64. The molecule has 3 aromatic rings. The van der Waals surface area contributed by atoms with Crippen LogP contribution in [0.1, 0.15) is 36.3 Å². The van der Waals surface area contributed by atoms with Gasteiger partial charge in [-0.25, -0.2) is 0 Å². The summed E-state index contributed by atoms with van der Waals surface area (Å²) in [5, 5.41) is 29.5. The summed E-state index contributed by atoms with van der Waals surface area (Å²) in [5.74, 6) is 1.02. The third kappa shape index (κ3) is 3.74. The van der Waals surface area contributed by atoms with Crippen molar-refractivity contribution < 1.29 is 29.3 Å². The smallest absolute Gasteiger partial charge is 0.200 e. The van der Waals surface area contributed by atoms with Gasteiger partial charge in [-0.3, -0.25) is 15.5 Å². The molecule has 0 saturated carbocycles. The SMILES string of the molecule is COc1c2c(cc3oc(CO)c(Cc4ccc(NO)cc4)c(=O)c13)O[C@@H](C(C)(C)O)C2. The van der Waals surface area contributed by atoms with Crippen LogP contribution in [0.15, 0.2) is 39.5 Å². The van der Waals surface area contributed by atoms with Gasteiger partial charge in [0.2, 0.25) is 0 Å². The molecule has 1 aliphatic rings. The molecule has 0 bridgehead atoms. The minimum atomic E-state index is -1.08. The van der Waals surface area contributed by atoms with E-state index in [1.54, 1.807) is 44.2 Å². The average Bonchev–Trinajstić information content (AvgIpc) is 3.19. The molecule has 2 aromatic carbocycles. The number of hydrogen-bond acceptors (Lipinski definition) is 8. The van der Waals surface area contributed by atoms with E-state index in [9.17, 15) is 15.0 Å². The first-order chi connectivity index (χ1) is 14.8. The Hall–Kier alpha value is -3.07. The molecule has 0 spiro atoms. The number of aliphatic hydroxyl groups excluding tert-OH is 1. The van der Waals surface area contributed by atoms with Gasteiger partial charge in [0, 0.05) is 30.0 Å². The molecular weight excluding hydrogens is 402 g/mol. The fraction of sp³-hybridized carbons (Fsp3) is 0.348. The van der Waals surface area contributed by atoms with Gasteiger partial charge in [0.15, 0.2) is 5.43 Å². The molecule has 8 nitrogen and oxygen atoms in total. The Balaban J connectivity index is 1.87. The minimum Gasteiger partial charge on any atom is -0.495 e. The highest BCUT2D eigenvalue weighted by Crippen LogP contribution is 2.43. The molecule has 4 N–H and O–H groups in total. The standard InChI is InChI=1S/C23H25NO7/c1-23(2,27)19-9-15-16(31-19)10-17-20(22(15)29-3)21(26)14(18(11-25)30-17)8-12-4-6-13(24-28)7-5-12/h4-7,10,19,24-25,27-28H,8-9,11H2,1-3H3/t19-/m1/s1. The van der Waals surface area contributed by atoms with Gasteiger partial charge in [-0.05, 0) is 31.5 Å². The van der Waals surface area contributed by atoms with Gasteiger partial charge in [0.05, 0.1) is 18.4 Å². The molecule has 0 aliphatic carbocycles. The number of fused-ring (bicyclic) bond motifs is 2. The minimum absolute atomic E-state index is 0.167. The first-order valence-corrected chi connectivity index (χ1v) is 9.94. The number of rotatable bonds is 6. The van der Waals surface area contributed by atoms with Gasteiger partial charge in [-0.2, -0.15) is 0 Å². The highest BCUT2D eigenvalue weighted by atomic mass is 16.5. The maximum absolute atomic E-state index is 13.5. The lowest BCUT2D eigenvalue weighted by Crippen LogP contribution is -2.39. The number of anilines is 1. The topological polar surface area (TPSA) is 121 Å². The van der Waals surface area contributed by atoms with Crippen molar-refractivity contribution in [2.24, 2.45) is 0 Å². The number of aliphatic hydroxyl groups is 2. The zero-order valence-electron chi connectivity index (χ0n) is 17.6. The molecule has 1 aromatic heterocycles. The Morgan fingerprint density at radius 2 is 1.97 bits per heavy atom. The van der Waals surface area contributed by atoms with Gasteiger partial charge in [-0.15, -0.1) is 0 Å². The first-order valence-electron chi connectivity index (χ1n) is 9.94. The summed E-state index contributed by atoms with van der Waals surface area (Å²) in [7, 11) is 1.48. The summed E-state index contributed by atoms with van der Waals surface area (Å²) in [6, 6.07) is 8.51. The van der Waals surface area contributed by atoms with Gasteiger partial charge >= 0.3 is 0 Å². The van der Waals surface area contributed by atoms with E-state index < -0.39 is 18.3 Å². The van der Waals surface area contributed by atoms with Crippen LogP contribution < -0.4 is 20.4 Å². The molecule has 1 atom stereocenters. The number of benzene rings is 2. The number of methoxy groups -OCH3 is 1. The maximum atomic E-state index is 13.5. The summed E-state index contributed by atoms with van der Waals surface area (Å²) < 4.78 is 17.4. The molecule has 0 unspecified atom stereocenters. The normalized spacial score (nSPS) is 15.6. The lowest BCUT2D eigenvalue weighted by atomic mass is 9.95. The molecule has 1 aliphatic heterocycles. The summed E-state index contributed by atoms with van der Waals surface area (Å²) in [6.45, 7) is 2.89. The van der Waals surface area contributed by atoms with Crippen molar-refractivity contribution in [3.63, 3.8) is 0 Å². The quantitative estimate of drug-likeness (QED) is 0.443. The fourth-order valence-corrected chi connectivity index (χ4v) is 3.93. The fourth-order valence-electron chi connectivity index (χ4n) is 3.93. The average molecular weight is 427 g/mol. The van der Waals surface area contributed by atoms with Crippen LogP contribution in [0.25, 0.3) is 11.0 Å². The van der Waals surface area contributed by atoms with Crippen LogP contribution >= 0.6 is 0 Å². The number of hydrogen-bond donors (Lipinski definition) is 4. The second-order valence-corrected chi connectivity index (χ2v) is 8.20. The molecule has 0 amide bonds. The second-order valence-electron chi connectivity index (χ2n) is 8.20. The van der Waals surface area contributed by atoms with Crippen molar-refractivity contribution in [1.82, 2.24) is 0 Å². The van der Waals surface area contributed by atoms with E-state index in [2.05, 4.69) is 5.48 Å². The van der Waals surface area contributed by atoms with Crippen molar-refractivity contribution in [2.45, 2.75) is 45.0 Å². The summed E-state index contributed by atoms with van der Waals surface area (Å²) >= 11 is 0. The van der Waals surface area contributed by atoms with Gasteiger partial charge in [0.1, 0.15) is 40.9 Å². The van der Waals surface area contributed by atoms with E-state index in [0.717, 1.165) is 5.56 Å². The van der Waals surface area contributed by atoms with E-state index in [-0.39, 0.29) is 28.6 Å². The Morgan fingerprint density at radius 3 is 2.55 bits per heavy atom. The van der Waals surface area contributed by atoms with Crippen LogP contribution in [0.3, 0.4) is 0 Å². The van der Waals surface area contributed by atoms with Crippen LogP contribution in [0.2, 0.25) is 0 Å². The highest BCUT2D eigenvalue weighted by Gasteiger charge is 2.38. The summed E-state index contributed by atoms with van der Waals surface area (Å²) in [6.07, 6.45) is 0.145. The zero-order valence-corrected chi connectivity index (χ0v) is 17.6. The van der Waals surface area contributed by atoms with Crippen LogP contribution in [0.4, 0.5) is 5.69 Å². The monoisotopic (exact) mass is 427 g/mol. The van der Waals surface area contributed by atoms with Crippen LogP contribution in [-0.2, 0) is 19.4 Å². The molecule has 0 radical (unpaired) electrons. The van der Waals surface area contributed by atoms with Crippen molar-refractivity contribution in [1.29, 1.82) is 0 Å². The Kier molecular flexibility index (Phi) is 5.38. The summed E-state index contributed by atoms with van der Waals surface area (Å²) in [5.41, 5.74) is 3.32. The molecule has 0 fully saturated rings. The first kappa shape index (κ1) is 21.2. The number of ether oxygens (including phenoxy) is 2. The van der Waals surface area contributed by atoms with E-state index in [1.165, 1.54) is 7.11 Å². The van der Waals surface area contributed by atoms with E-state index in [4.69, 9.17) is 19.1 Å². The zero-order chi connectivity index (χ0) is 22.3. The van der Waals surface area contributed by atoms with Crippen LogP contribution in [0, 0.1) is 0 Å². The van der Waals surface area contributed by atoms with Gasteiger partial charge in [0.25, 0.3) is 0 Å². The van der Waals surface area contributed by atoms with E-state index in [1.807, 2.05) is 0 Å². The molecule has 4 rings (SSSR count). The Bertz CT molecular complexity index is 1180. The molecule has 8 heteroatoms. The Morgan fingerprint density at radius 1 is 1.26 bits per heavy atom. The summed E-state index contributed by atoms with van der Waals surface area (Å²) in [4.78, 5) is 13.5. The van der Waals surface area contributed by atoms with Crippen LogP contribution in [-0.4, -0.2) is 34.2 Å². The highest BCUT2D eigenvalue weighted by molar-refractivity contribution is 5.88. The van der Waals surface area contributed by atoms with E-state index >= 15 is 0 Å². The Labute approximate surface area is 178 Å². The lowest BCUT2D eigenvalue weighted by Gasteiger charge is -2.24. The lowest BCUT2D eigenvalue weighted by molar-refractivity contribution is -0.0229. The predicted octanol–water partition coefficient (Wildman–Crippen LogP) is 2.76. The molecule has 31 heavy (non-hydrogen) atoms. The molecule has 0 saturated heterocycles. The van der Waals surface area contributed by atoms with Crippen LogP contribution in [0.5, 0.6) is 11.5 Å². The molecular formula is C23H25NO7. The molecule has 2 heterocycles. The maximum Gasteiger partial charge on any atom is 0.200 e. The van der Waals surface area contributed by atoms with Crippen molar-refractivity contribution in [2.75, 3.05) is 12.6 Å². The second kappa shape index (κ2) is 7.88. The number of nitrogens with one attached hydrogen (secondary N) is 1. The van der Waals surface area contributed by atoms with Gasteiger partial charge < -0.3 is 24.1 Å². The van der Waals surface area contributed by atoms with Gasteiger partial charge in [-0.1, -0.05) is 12.1 Å². The molecule has 164 valence electrons. The van der Waals surface area contributed by atoms with Crippen molar-refractivity contribution >= 4 is 16.7 Å². The van der Waals surface area contributed by atoms with Crippen molar-refractivity contribution in [3.05, 3.63) is 63.0 Å². The predicted molar refractivity (Wildman–Crippen MR) is 114 cm³/mol. The van der Waals surface area contributed by atoms with Crippen molar-refractivity contribution in [3.8, 4) is 11.5 Å².